The summed E-state index contributed by atoms with van der Waals surface area (Å²) in [6, 6.07) is 13.5. The van der Waals surface area contributed by atoms with Gasteiger partial charge in [-0.3, -0.25) is 0 Å². The molecule has 0 aliphatic rings. The third-order valence-corrected chi connectivity index (χ3v) is 4.58. The Balaban J connectivity index is 1.76. The third kappa shape index (κ3) is 3.74. The van der Waals surface area contributed by atoms with Gasteiger partial charge in [0.1, 0.15) is 0 Å². The first kappa shape index (κ1) is 18.5. The maximum absolute atomic E-state index is 5.33. The Morgan fingerprint density at radius 2 is 1.82 bits per heavy atom. The molecule has 28 heavy (non-hydrogen) atoms. The molecule has 0 aliphatic carbocycles. The molecule has 8 nitrogen and oxygen atoms in total. The number of hydrogen-bond donors (Lipinski definition) is 0. The van der Waals surface area contributed by atoms with E-state index in [4.69, 9.17) is 9.47 Å². The van der Waals surface area contributed by atoms with Crippen LogP contribution in [0.25, 0.3) is 22.4 Å². The summed E-state index contributed by atoms with van der Waals surface area (Å²) in [4.78, 5) is 13.7. The predicted molar refractivity (Wildman–Crippen MR) is 105 cm³/mol. The Kier molecular flexibility index (Phi) is 5.32. The van der Waals surface area contributed by atoms with Gasteiger partial charge in [-0.05, 0) is 0 Å². The first-order valence-corrected chi connectivity index (χ1v) is 9.50. The molecule has 4 aromatic rings. The van der Waals surface area contributed by atoms with Crippen molar-refractivity contribution in [1.29, 1.82) is 0 Å². The van der Waals surface area contributed by atoms with Crippen molar-refractivity contribution in [3.05, 3.63) is 53.9 Å². The fourth-order valence-corrected chi connectivity index (χ4v) is 3.33. The predicted octanol–water partition coefficient (Wildman–Crippen LogP) is 1.28. The van der Waals surface area contributed by atoms with E-state index < -0.39 is 0 Å². The van der Waals surface area contributed by atoms with Gasteiger partial charge in [0.15, 0.2) is 0 Å². The minimum absolute atomic E-state index is 0.453. The van der Waals surface area contributed by atoms with Crippen LogP contribution in [0.15, 0.2) is 42.5 Å². The number of ether oxygens (including phenoxy) is 2. The number of aromatic nitrogens is 6. The Labute approximate surface area is 170 Å². The molecule has 0 atom stereocenters. The second-order valence-electron chi connectivity index (χ2n) is 6.08. The molecule has 0 bridgehead atoms. The SMILES string of the molecule is COCc1cccc(Cn2nnc3c(-c4cccc(OC)c4)nc([As])nc32)n1. The number of rotatable bonds is 6. The Bertz CT molecular complexity index is 1130. The van der Waals surface area contributed by atoms with E-state index >= 15 is 0 Å². The molecule has 0 saturated heterocycles. The molecule has 2 radical (unpaired) electrons. The zero-order valence-electron chi connectivity index (χ0n) is 15.4. The Morgan fingerprint density at radius 3 is 2.64 bits per heavy atom. The van der Waals surface area contributed by atoms with Crippen LogP contribution in [0.3, 0.4) is 0 Å². The molecule has 0 aliphatic heterocycles. The average molecular weight is 436 g/mol. The standard InChI is InChI=1S/C19H17AsN6O2/c1-27-11-14-7-4-6-13(21-14)10-26-18-17(24-25-26)16(22-19(20)23-18)12-5-3-8-15(9-12)28-2/h3-9H,10-11H2,1-2H3. The maximum atomic E-state index is 5.33. The summed E-state index contributed by atoms with van der Waals surface area (Å²) in [6.45, 7) is 0.916. The molecule has 4 rings (SSSR count). The topological polar surface area (TPSA) is 87.8 Å². The van der Waals surface area contributed by atoms with Gasteiger partial charge in [-0.1, -0.05) is 0 Å². The van der Waals surface area contributed by atoms with E-state index in [1.54, 1.807) is 18.9 Å². The zero-order chi connectivity index (χ0) is 19.5. The first-order chi connectivity index (χ1) is 13.7. The van der Waals surface area contributed by atoms with E-state index in [1.807, 2.05) is 42.5 Å². The summed E-state index contributed by atoms with van der Waals surface area (Å²) in [5.74, 6) is 0.753. The van der Waals surface area contributed by atoms with Gasteiger partial charge in [0.05, 0.1) is 0 Å². The number of fused-ring (bicyclic) bond motifs is 1. The molecule has 3 heterocycles. The van der Waals surface area contributed by atoms with Gasteiger partial charge in [-0.25, -0.2) is 0 Å². The summed E-state index contributed by atoms with van der Waals surface area (Å²) in [5, 5.41) is 8.63. The average Bonchev–Trinajstić information content (AvgIpc) is 3.10. The molecular weight excluding hydrogens is 419 g/mol. The van der Waals surface area contributed by atoms with Crippen molar-refractivity contribution in [2.24, 2.45) is 0 Å². The van der Waals surface area contributed by atoms with Gasteiger partial charge in [0, 0.05) is 0 Å². The van der Waals surface area contributed by atoms with Crippen LogP contribution in [0, 0.1) is 0 Å². The number of pyridine rings is 1. The van der Waals surface area contributed by atoms with Gasteiger partial charge in [-0.15, -0.1) is 0 Å². The monoisotopic (exact) mass is 436 g/mol. The van der Waals surface area contributed by atoms with Crippen LogP contribution in [-0.2, 0) is 17.9 Å². The summed E-state index contributed by atoms with van der Waals surface area (Å²) in [5.41, 5.74) is 4.62. The van der Waals surface area contributed by atoms with Crippen molar-refractivity contribution in [1.82, 2.24) is 29.9 Å². The van der Waals surface area contributed by atoms with E-state index in [0.29, 0.717) is 34.6 Å². The van der Waals surface area contributed by atoms with E-state index in [1.165, 1.54) is 0 Å². The second kappa shape index (κ2) is 8.04. The fraction of sp³-hybridized carbons (Fsp3) is 0.211. The number of benzene rings is 1. The molecule has 0 saturated carbocycles. The van der Waals surface area contributed by atoms with E-state index in [-0.39, 0.29) is 0 Å². The van der Waals surface area contributed by atoms with Crippen molar-refractivity contribution in [3.8, 4) is 17.0 Å². The van der Waals surface area contributed by atoms with Crippen LogP contribution < -0.4 is 9.35 Å². The molecule has 0 fully saturated rings. The third-order valence-electron chi connectivity index (χ3n) is 4.16. The fourth-order valence-electron chi connectivity index (χ4n) is 2.92. The molecular formula is C19H17AsN6O2. The van der Waals surface area contributed by atoms with Gasteiger partial charge in [-0.2, -0.15) is 0 Å². The quantitative estimate of drug-likeness (QED) is 0.421. The zero-order valence-corrected chi connectivity index (χ0v) is 17.3. The first-order valence-electron chi connectivity index (χ1n) is 8.56. The van der Waals surface area contributed by atoms with Crippen LogP contribution in [0.1, 0.15) is 11.4 Å². The van der Waals surface area contributed by atoms with E-state index in [2.05, 4.69) is 42.1 Å². The van der Waals surface area contributed by atoms with E-state index in [9.17, 15) is 0 Å². The van der Waals surface area contributed by atoms with E-state index in [0.717, 1.165) is 22.7 Å². The van der Waals surface area contributed by atoms with Crippen LogP contribution in [0.2, 0.25) is 0 Å². The molecule has 1 aromatic carbocycles. The van der Waals surface area contributed by atoms with Crippen molar-refractivity contribution < 1.29 is 9.47 Å². The van der Waals surface area contributed by atoms with Crippen LogP contribution in [0.4, 0.5) is 0 Å². The normalized spacial score (nSPS) is 11.1. The summed E-state index contributed by atoms with van der Waals surface area (Å²) < 4.78 is 12.8. The summed E-state index contributed by atoms with van der Waals surface area (Å²) in [7, 11) is 3.29. The van der Waals surface area contributed by atoms with Gasteiger partial charge < -0.3 is 0 Å². The number of methoxy groups -OCH3 is 2. The summed E-state index contributed by atoms with van der Waals surface area (Å²) >= 11 is 2.37. The Hall–Kier alpha value is -2.83. The van der Waals surface area contributed by atoms with Crippen molar-refractivity contribution in [2.75, 3.05) is 14.2 Å². The van der Waals surface area contributed by atoms with Crippen molar-refractivity contribution in [3.63, 3.8) is 0 Å². The molecule has 3 aromatic heterocycles. The van der Waals surface area contributed by atoms with Crippen LogP contribution >= 0.6 is 0 Å². The van der Waals surface area contributed by atoms with Crippen LogP contribution in [0.5, 0.6) is 5.75 Å². The summed E-state index contributed by atoms with van der Waals surface area (Å²) in [6.07, 6.45) is 0. The minimum atomic E-state index is 0.453. The van der Waals surface area contributed by atoms with Crippen molar-refractivity contribution in [2.45, 2.75) is 13.2 Å². The number of hydrogen-bond acceptors (Lipinski definition) is 7. The molecule has 0 amide bonds. The van der Waals surface area contributed by atoms with Crippen molar-refractivity contribution >= 4 is 32.6 Å². The molecule has 0 spiro atoms. The van der Waals surface area contributed by atoms with Gasteiger partial charge in [0.2, 0.25) is 0 Å². The second-order valence-corrected chi connectivity index (χ2v) is 6.92. The molecule has 9 heteroatoms. The number of nitrogens with zero attached hydrogens (tertiary/aromatic N) is 6. The Morgan fingerprint density at radius 1 is 1.00 bits per heavy atom. The molecule has 0 N–H and O–H groups in total. The molecule has 140 valence electrons. The molecule has 0 unspecified atom stereocenters. The van der Waals surface area contributed by atoms with Crippen LogP contribution in [-0.4, -0.2) is 61.0 Å². The van der Waals surface area contributed by atoms with Gasteiger partial charge >= 0.3 is 170 Å². The van der Waals surface area contributed by atoms with Gasteiger partial charge in [0.25, 0.3) is 0 Å².